The van der Waals surface area contributed by atoms with Gasteiger partial charge in [-0.2, -0.15) is 0 Å². The minimum atomic E-state index is -0.396. The molecule has 0 fully saturated rings. The van der Waals surface area contributed by atoms with Gasteiger partial charge in [0.2, 0.25) is 0 Å². The zero-order valence-electron chi connectivity index (χ0n) is 16.7. The van der Waals surface area contributed by atoms with Crippen molar-refractivity contribution in [1.82, 2.24) is 0 Å². The van der Waals surface area contributed by atoms with Crippen LogP contribution in [-0.2, 0) is 17.6 Å². The van der Waals surface area contributed by atoms with E-state index in [0.29, 0.717) is 27.1 Å². The van der Waals surface area contributed by atoms with Gasteiger partial charge in [-0.1, -0.05) is 44.9 Å². The lowest BCUT2D eigenvalue weighted by atomic mass is 9.69. The Morgan fingerprint density at radius 2 is 2.11 bits per heavy atom. The Balaban J connectivity index is 1.94. The molecule has 0 aliphatic heterocycles. The summed E-state index contributed by atoms with van der Waals surface area (Å²) in [4.78, 5) is 26.4. The van der Waals surface area contributed by atoms with Crippen LogP contribution in [0.4, 0.5) is 5.00 Å². The molecule has 1 unspecified atom stereocenters. The van der Waals surface area contributed by atoms with Crippen molar-refractivity contribution in [2.75, 3.05) is 12.4 Å². The molecule has 3 rings (SSSR count). The molecule has 1 heterocycles. The fourth-order valence-corrected chi connectivity index (χ4v) is 5.25. The monoisotopic (exact) mass is 419 g/mol. The molecule has 1 N–H and O–H groups in total. The first-order valence-electron chi connectivity index (χ1n) is 9.56. The van der Waals surface area contributed by atoms with E-state index in [1.54, 1.807) is 24.3 Å². The van der Waals surface area contributed by atoms with Crippen molar-refractivity contribution in [2.45, 2.75) is 46.5 Å². The number of esters is 1. The lowest BCUT2D eigenvalue weighted by Gasteiger charge is -2.36. The summed E-state index contributed by atoms with van der Waals surface area (Å²) >= 11 is 7.50. The predicted molar refractivity (Wildman–Crippen MR) is 115 cm³/mol. The number of halogens is 1. The fraction of sp³-hybridized carbons (Fsp3) is 0.455. The normalized spacial score (nSPS) is 16.4. The van der Waals surface area contributed by atoms with Gasteiger partial charge < -0.3 is 10.1 Å². The van der Waals surface area contributed by atoms with Crippen LogP contribution in [-0.4, -0.2) is 19.0 Å². The van der Waals surface area contributed by atoms with Crippen LogP contribution in [0.5, 0.6) is 0 Å². The average Bonchev–Trinajstić information content (AvgIpc) is 3.04. The Labute approximate surface area is 175 Å². The number of carbonyl (C=O) groups excluding carboxylic acids is 2. The van der Waals surface area contributed by atoms with Crippen molar-refractivity contribution >= 4 is 39.8 Å². The van der Waals surface area contributed by atoms with Crippen LogP contribution < -0.4 is 5.32 Å². The fourth-order valence-electron chi connectivity index (χ4n) is 3.75. The molecule has 2 aromatic rings. The minimum Gasteiger partial charge on any atom is -0.465 e. The number of methoxy groups -OCH3 is 1. The number of thiophene rings is 1. The number of amides is 1. The minimum absolute atomic E-state index is 0.247. The summed E-state index contributed by atoms with van der Waals surface area (Å²) in [6, 6.07) is 6.77. The van der Waals surface area contributed by atoms with Gasteiger partial charge in [0.25, 0.3) is 5.91 Å². The Bertz CT molecular complexity index is 903. The first-order chi connectivity index (χ1) is 13.3. The number of carbonyl (C=O) groups is 2. The van der Waals surface area contributed by atoms with Gasteiger partial charge in [-0.25, -0.2) is 4.79 Å². The number of nitrogens with one attached hydrogen (secondary N) is 1. The van der Waals surface area contributed by atoms with Crippen LogP contribution in [0.3, 0.4) is 0 Å². The summed E-state index contributed by atoms with van der Waals surface area (Å²) < 4.78 is 5.02. The third-order valence-corrected chi connectivity index (χ3v) is 7.39. The van der Waals surface area contributed by atoms with Gasteiger partial charge in [-0.05, 0) is 54.4 Å². The van der Waals surface area contributed by atoms with E-state index in [0.717, 1.165) is 31.2 Å². The number of fused-ring (bicyclic) bond motifs is 1. The van der Waals surface area contributed by atoms with Gasteiger partial charge in [-0.3, -0.25) is 4.79 Å². The summed E-state index contributed by atoms with van der Waals surface area (Å²) in [5.74, 6) is -0.116. The van der Waals surface area contributed by atoms with E-state index in [1.807, 2.05) is 0 Å². The smallest absolute Gasteiger partial charge is 0.341 e. The zero-order valence-corrected chi connectivity index (χ0v) is 18.3. The van der Waals surface area contributed by atoms with E-state index in [1.165, 1.54) is 23.3 Å². The summed E-state index contributed by atoms with van der Waals surface area (Å²) in [7, 11) is 1.38. The third-order valence-electron chi connectivity index (χ3n) is 5.99. The maximum atomic E-state index is 12.7. The largest absolute Gasteiger partial charge is 0.465 e. The molecule has 1 aromatic carbocycles. The van der Waals surface area contributed by atoms with Crippen LogP contribution in [0.25, 0.3) is 0 Å². The van der Waals surface area contributed by atoms with Crippen LogP contribution in [0, 0.1) is 11.3 Å². The maximum absolute atomic E-state index is 12.7. The Kier molecular flexibility index (Phi) is 6.15. The average molecular weight is 420 g/mol. The van der Waals surface area contributed by atoms with E-state index in [-0.39, 0.29) is 11.3 Å². The van der Waals surface area contributed by atoms with E-state index < -0.39 is 5.97 Å². The molecule has 1 aliphatic carbocycles. The van der Waals surface area contributed by atoms with Gasteiger partial charge in [0, 0.05) is 15.5 Å². The molecule has 0 radical (unpaired) electrons. The van der Waals surface area contributed by atoms with E-state index >= 15 is 0 Å². The van der Waals surface area contributed by atoms with Crippen molar-refractivity contribution in [3.05, 3.63) is 50.9 Å². The van der Waals surface area contributed by atoms with E-state index in [9.17, 15) is 9.59 Å². The van der Waals surface area contributed by atoms with Gasteiger partial charge >= 0.3 is 5.97 Å². The molecular formula is C22H26ClNO3S. The Morgan fingerprint density at radius 1 is 1.36 bits per heavy atom. The molecule has 0 bridgehead atoms. The molecule has 1 aromatic heterocycles. The van der Waals surface area contributed by atoms with Gasteiger partial charge in [-0.15, -0.1) is 11.3 Å². The number of hydrogen-bond acceptors (Lipinski definition) is 4. The van der Waals surface area contributed by atoms with Crippen molar-refractivity contribution in [1.29, 1.82) is 0 Å². The first-order valence-corrected chi connectivity index (χ1v) is 10.8. The molecule has 28 heavy (non-hydrogen) atoms. The van der Waals surface area contributed by atoms with Crippen molar-refractivity contribution in [3.63, 3.8) is 0 Å². The summed E-state index contributed by atoms with van der Waals surface area (Å²) in [5, 5.41) is 3.98. The highest BCUT2D eigenvalue weighted by Crippen LogP contribution is 2.45. The Morgan fingerprint density at radius 3 is 2.75 bits per heavy atom. The second-order valence-electron chi connectivity index (χ2n) is 7.95. The predicted octanol–water partition coefficient (Wildman–Crippen LogP) is 5.98. The Hall–Kier alpha value is -1.85. The highest BCUT2D eigenvalue weighted by molar-refractivity contribution is 7.17. The second-order valence-corrected chi connectivity index (χ2v) is 9.49. The molecule has 0 saturated heterocycles. The lowest BCUT2D eigenvalue weighted by Crippen LogP contribution is -2.28. The number of anilines is 1. The number of ether oxygens (including phenoxy) is 1. The SMILES string of the molecule is CCC(C)(C)C1CCc2c(sc(NC(=O)c3cccc(Cl)c3)c2C(=O)OC)C1. The molecule has 1 atom stereocenters. The van der Waals surface area contributed by atoms with Crippen molar-refractivity contribution < 1.29 is 14.3 Å². The topological polar surface area (TPSA) is 55.4 Å². The summed E-state index contributed by atoms with van der Waals surface area (Å²) in [5.41, 5.74) is 2.24. The van der Waals surface area contributed by atoms with Crippen LogP contribution >= 0.6 is 22.9 Å². The highest BCUT2D eigenvalue weighted by Gasteiger charge is 2.35. The van der Waals surface area contributed by atoms with E-state index in [4.69, 9.17) is 16.3 Å². The molecule has 150 valence electrons. The van der Waals surface area contributed by atoms with E-state index in [2.05, 4.69) is 26.1 Å². The highest BCUT2D eigenvalue weighted by atomic mass is 35.5. The summed E-state index contributed by atoms with van der Waals surface area (Å²) in [6.45, 7) is 6.83. The van der Waals surface area contributed by atoms with Gasteiger partial charge in [0.15, 0.2) is 0 Å². The number of rotatable bonds is 5. The molecule has 1 amide bonds. The molecular weight excluding hydrogens is 394 g/mol. The summed E-state index contributed by atoms with van der Waals surface area (Å²) in [6.07, 6.45) is 3.91. The standard InChI is InChI=1S/C22H26ClNO3S/c1-5-22(2,3)14-9-10-16-17(12-14)28-20(18(16)21(26)27-4)24-19(25)13-7-6-8-15(23)11-13/h6-8,11,14H,5,9-10,12H2,1-4H3,(H,24,25). The quantitative estimate of drug-likeness (QED) is 0.606. The first kappa shape index (κ1) is 20.9. The van der Waals surface area contributed by atoms with Crippen LogP contribution in [0.1, 0.15) is 64.8 Å². The molecule has 6 heteroatoms. The lowest BCUT2D eigenvalue weighted by molar-refractivity contribution is 0.0600. The maximum Gasteiger partial charge on any atom is 0.341 e. The van der Waals surface area contributed by atoms with Crippen molar-refractivity contribution in [2.24, 2.45) is 11.3 Å². The zero-order chi connectivity index (χ0) is 20.5. The second kappa shape index (κ2) is 8.26. The van der Waals surface area contributed by atoms with Crippen molar-refractivity contribution in [3.8, 4) is 0 Å². The van der Waals surface area contributed by atoms with Gasteiger partial charge in [0.05, 0.1) is 12.7 Å². The van der Waals surface area contributed by atoms with Gasteiger partial charge in [0.1, 0.15) is 5.00 Å². The number of hydrogen-bond donors (Lipinski definition) is 1. The molecule has 4 nitrogen and oxygen atoms in total. The van der Waals surface area contributed by atoms with Crippen LogP contribution in [0.2, 0.25) is 5.02 Å². The van der Waals surface area contributed by atoms with Crippen LogP contribution in [0.15, 0.2) is 24.3 Å². The number of benzene rings is 1. The third kappa shape index (κ3) is 4.11. The molecule has 0 spiro atoms. The molecule has 1 aliphatic rings. The molecule has 0 saturated carbocycles.